The van der Waals surface area contributed by atoms with Crippen LogP contribution < -0.4 is 9.64 Å². The van der Waals surface area contributed by atoms with Crippen molar-refractivity contribution in [3.8, 4) is 17.1 Å². The van der Waals surface area contributed by atoms with Crippen molar-refractivity contribution in [3.63, 3.8) is 0 Å². The number of fused-ring (bicyclic) bond motifs is 1. The van der Waals surface area contributed by atoms with Gasteiger partial charge in [0.15, 0.2) is 0 Å². The molecule has 234 valence electrons. The van der Waals surface area contributed by atoms with Crippen LogP contribution in [0, 0.1) is 0 Å². The summed E-state index contributed by atoms with van der Waals surface area (Å²) in [6.45, 7) is 11.2. The van der Waals surface area contributed by atoms with E-state index in [4.69, 9.17) is 23.7 Å². The number of amides is 1. The molecule has 1 aromatic carbocycles. The number of nitrogens with zero attached hydrogens (tertiary/aromatic N) is 5. The second-order valence-corrected chi connectivity index (χ2v) is 11.2. The van der Waals surface area contributed by atoms with E-state index in [0.29, 0.717) is 78.8 Å². The van der Waals surface area contributed by atoms with Gasteiger partial charge in [-0.2, -0.15) is 5.10 Å². The van der Waals surface area contributed by atoms with E-state index in [1.54, 1.807) is 6.33 Å². The maximum absolute atomic E-state index is 12.7. The Kier molecular flexibility index (Phi) is 11.2. The minimum atomic E-state index is -0.0508. The van der Waals surface area contributed by atoms with Crippen molar-refractivity contribution in [3.05, 3.63) is 30.6 Å². The van der Waals surface area contributed by atoms with E-state index in [0.717, 1.165) is 59.7 Å². The first kappa shape index (κ1) is 31.1. The third kappa shape index (κ3) is 9.09. The molecule has 43 heavy (non-hydrogen) atoms. The number of piperazine rings is 1. The lowest BCUT2D eigenvalue weighted by molar-refractivity contribution is -0.132. The number of aromatic amines is 1. The monoisotopic (exact) mass is 596 g/mol. The SMILES string of the molecule is CCCOCCOCCOCCOCCC(=O)N1CCN(c2cc(-c3n[nH]c4ccc(OC5(C)CC5)cc34)ncn2)CC1. The van der Waals surface area contributed by atoms with Gasteiger partial charge in [-0.05, 0) is 44.4 Å². The number of aromatic nitrogens is 4. The number of H-pyrrole nitrogens is 1. The molecule has 12 heteroatoms. The largest absolute Gasteiger partial charge is 0.488 e. The van der Waals surface area contributed by atoms with Gasteiger partial charge in [0.2, 0.25) is 5.91 Å². The highest BCUT2D eigenvalue weighted by molar-refractivity contribution is 5.93. The summed E-state index contributed by atoms with van der Waals surface area (Å²) in [7, 11) is 0. The molecule has 2 aliphatic rings. The average Bonchev–Trinajstić information content (AvgIpc) is 3.60. The Morgan fingerprint density at radius 3 is 2.23 bits per heavy atom. The predicted octanol–water partition coefficient (Wildman–Crippen LogP) is 3.47. The fourth-order valence-electron chi connectivity index (χ4n) is 4.87. The number of ether oxygens (including phenoxy) is 5. The summed E-state index contributed by atoms with van der Waals surface area (Å²) < 4.78 is 28.1. The van der Waals surface area contributed by atoms with Crippen LogP contribution in [0.25, 0.3) is 22.3 Å². The van der Waals surface area contributed by atoms with E-state index in [1.807, 2.05) is 29.2 Å². The molecule has 0 unspecified atom stereocenters. The molecule has 0 atom stereocenters. The van der Waals surface area contributed by atoms with Gasteiger partial charge < -0.3 is 33.5 Å². The van der Waals surface area contributed by atoms with Gasteiger partial charge in [0, 0.05) is 44.2 Å². The lowest BCUT2D eigenvalue weighted by Crippen LogP contribution is -2.49. The van der Waals surface area contributed by atoms with Crippen molar-refractivity contribution in [2.24, 2.45) is 0 Å². The number of carbonyl (C=O) groups excluding carboxylic acids is 1. The zero-order chi connectivity index (χ0) is 29.9. The van der Waals surface area contributed by atoms with Crippen LogP contribution in [0.1, 0.15) is 39.5 Å². The molecule has 1 amide bonds. The Morgan fingerprint density at radius 1 is 0.884 bits per heavy atom. The summed E-state index contributed by atoms with van der Waals surface area (Å²) in [5.41, 5.74) is 2.40. The molecule has 1 saturated heterocycles. The molecule has 1 aliphatic heterocycles. The standard InChI is InChI=1S/C31H44N6O6/c1-3-13-39-15-17-41-19-20-42-18-16-40-14-6-29(38)37-11-9-36(10-12-37)28-22-27(32-23-33-28)30-25-21-24(43-31(2)7-8-31)4-5-26(25)34-35-30/h4-5,21-23H,3,6-20H2,1-2H3,(H,34,35). The topological polar surface area (TPSA) is 124 Å². The second kappa shape index (κ2) is 15.4. The number of anilines is 1. The lowest BCUT2D eigenvalue weighted by Gasteiger charge is -2.35. The quantitative estimate of drug-likeness (QED) is 0.218. The van der Waals surface area contributed by atoms with Crippen molar-refractivity contribution >= 4 is 22.6 Å². The molecule has 1 N–H and O–H groups in total. The van der Waals surface area contributed by atoms with Crippen LogP contribution in [0.2, 0.25) is 0 Å². The smallest absolute Gasteiger partial charge is 0.225 e. The van der Waals surface area contributed by atoms with Crippen molar-refractivity contribution < 1.29 is 28.5 Å². The molecule has 0 radical (unpaired) electrons. The third-order valence-corrected chi connectivity index (χ3v) is 7.63. The van der Waals surface area contributed by atoms with Gasteiger partial charge in [-0.1, -0.05) is 6.92 Å². The third-order valence-electron chi connectivity index (χ3n) is 7.63. The first-order valence-electron chi connectivity index (χ1n) is 15.4. The van der Waals surface area contributed by atoms with Crippen LogP contribution in [0.3, 0.4) is 0 Å². The number of hydrogen-bond donors (Lipinski definition) is 1. The van der Waals surface area contributed by atoms with Crippen molar-refractivity contribution in [2.75, 3.05) is 83.9 Å². The Hall–Kier alpha value is -3.32. The van der Waals surface area contributed by atoms with Crippen molar-refractivity contribution in [1.82, 2.24) is 25.1 Å². The van der Waals surface area contributed by atoms with E-state index < -0.39 is 0 Å². The van der Waals surface area contributed by atoms with Crippen LogP contribution in [-0.2, 0) is 23.7 Å². The number of carbonyl (C=O) groups is 1. The molecule has 2 fully saturated rings. The summed E-state index contributed by atoms with van der Waals surface area (Å²) in [6, 6.07) is 7.97. The van der Waals surface area contributed by atoms with E-state index in [2.05, 4.69) is 38.9 Å². The van der Waals surface area contributed by atoms with Gasteiger partial charge in [-0.3, -0.25) is 9.89 Å². The first-order chi connectivity index (χ1) is 21.0. The van der Waals surface area contributed by atoms with Crippen LogP contribution in [0.4, 0.5) is 5.82 Å². The summed E-state index contributed by atoms with van der Waals surface area (Å²) in [4.78, 5) is 25.8. The van der Waals surface area contributed by atoms with Gasteiger partial charge >= 0.3 is 0 Å². The Balaban J connectivity index is 1.01. The fourth-order valence-corrected chi connectivity index (χ4v) is 4.87. The minimum Gasteiger partial charge on any atom is -0.488 e. The van der Waals surface area contributed by atoms with Crippen molar-refractivity contribution in [2.45, 2.75) is 45.1 Å². The highest BCUT2D eigenvalue weighted by Crippen LogP contribution is 2.40. The average molecular weight is 597 g/mol. The van der Waals surface area contributed by atoms with E-state index in [9.17, 15) is 4.79 Å². The van der Waals surface area contributed by atoms with Gasteiger partial charge in [0.1, 0.15) is 29.2 Å². The number of hydrogen-bond acceptors (Lipinski definition) is 10. The first-order valence-corrected chi connectivity index (χ1v) is 15.4. The van der Waals surface area contributed by atoms with Gasteiger partial charge in [-0.15, -0.1) is 0 Å². The Bertz CT molecular complexity index is 1310. The second-order valence-electron chi connectivity index (χ2n) is 11.2. The highest BCUT2D eigenvalue weighted by Gasteiger charge is 2.40. The molecule has 5 rings (SSSR count). The number of benzene rings is 1. The summed E-state index contributed by atoms with van der Waals surface area (Å²) >= 11 is 0. The molecular weight excluding hydrogens is 552 g/mol. The number of nitrogens with one attached hydrogen (secondary N) is 1. The van der Waals surface area contributed by atoms with Gasteiger partial charge in [0.05, 0.1) is 63.9 Å². The fraction of sp³-hybridized carbons (Fsp3) is 0.613. The van der Waals surface area contributed by atoms with Gasteiger partial charge in [-0.25, -0.2) is 9.97 Å². The van der Waals surface area contributed by atoms with Crippen molar-refractivity contribution in [1.29, 1.82) is 0 Å². The molecule has 0 spiro atoms. The normalized spacial score (nSPS) is 16.1. The molecule has 2 aromatic heterocycles. The lowest BCUT2D eigenvalue weighted by atomic mass is 10.1. The molecule has 1 saturated carbocycles. The molecule has 0 bridgehead atoms. The van der Waals surface area contributed by atoms with Crippen LogP contribution in [-0.4, -0.2) is 116 Å². The summed E-state index contributed by atoms with van der Waals surface area (Å²) in [5.74, 6) is 1.77. The van der Waals surface area contributed by atoms with Crippen LogP contribution >= 0.6 is 0 Å². The van der Waals surface area contributed by atoms with E-state index >= 15 is 0 Å². The van der Waals surface area contributed by atoms with E-state index in [-0.39, 0.29) is 11.5 Å². The molecule has 1 aliphatic carbocycles. The summed E-state index contributed by atoms with van der Waals surface area (Å²) in [5, 5.41) is 8.61. The maximum atomic E-state index is 12.7. The molecular formula is C31H44N6O6. The molecule has 12 nitrogen and oxygen atoms in total. The van der Waals surface area contributed by atoms with Crippen LogP contribution in [0.5, 0.6) is 5.75 Å². The number of rotatable bonds is 18. The maximum Gasteiger partial charge on any atom is 0.225 e. The Labute approximate surface area is 253 Å². The van der Waals surface area contributed by atoms with E-state index in [1.165, 1.54) is 0 Å². The Morgan fingerprint density at radius 2 is 1.56 bits per heavy atom. The molecule has 3 heterocycles. The predicted molar refractivity (Wildman–Crippen MR) is 162 cm³/mol. The zero-order valence-electron chi connectivity index (χ0n) is 25.4. The molecule has 3 aromatic rings. The van der Waals surface area contributed by atoms with Gasteiger partial charge in [0.25, 0.3) is 0 Å². The minimum absolute atomic E-state index is 0.0508. The zero-order valence-corrected chi connectivity index (χ0v) is 25.4. The summed E-state index contributed by atoms with van der Waals surface area (Å²) in [6.07, 6.45) is 5.10. The van der Waals surface area contributed by atoms with Crippen LogP contribution in [0.15, 0.2) is 30.6 Å². The highest BCUT2D eigenvalue weighted by atomic mass is 16.6.